The molecule has 0 saturated carbocycles. The van der Waals surface area contributed by atoms with Crippen LogP contribution in [0.5, 0.6) is 5.75 Å². The van der Waals surface area contributed by atoms with E-state index in [1.54, 1.807) is 37.5 Å². The number of carbonyl (C=O) groups excluding carboxylic acids is 1. The number of hydrogen-bond acceptors (Lipinski definition) is 9. The molecule has 1 aliphatic heterocycles. The molecule has 10 nitrogen and oxygen atoms in total. The lowest BCUT2D eigenvalue weighted by molar-refractivity contribution is -0.274. The molecule has 3 aromatic rings. The molecule has 2 N–H and O–H groups in total. The molecule has 1 amide bonds. The number of amides is 1. The molecule has 0 atom stereocenters. The van der Waals surface area contributed by atoms with Crippen molar-refractivity contribution in [1.82, 2.24) is 29.7 Å². The summed E-state index contributed by atoms with van der Waals surface area (Å²) in [5, 5.41) is 6.20. The van der Waals surface area contributed by atoms with Gasteiger partial charge in [-0.1, -0.05) is 0 Å². The number of aromatic nitrogens is 4. The van der Waals surface area contributed by atoms with Crippen molar-refractivity contribution >= 4 is 23.4 Å². The minimum absolute atomic E-state index is 0.0849. The number of nitrogens with zero attached hydrogens (tertiary/aromatic N) is 6. The van der Waals surface area contributed by atoms with E-state index in [4.69, 9.17) is 0 Å². The SMILES string of the molecule is CC(=O)N1CCN(CCNc2cc(Nc3cc(OC(F)(F)F)ccn3)nc(-c3cccnc3)n2)CC1. The first-order chi connectivity index (χ1) is 17.2. The Morgan fingerprint density at radius 3 is 2.53 bits per heavy atom. The summed E-state index contributed by atoms with van der Waals surface area (Å²) in [6.07, 6.45) is -0.353. The molecule has 13 heteroatoms. The van der Waals surface area contributed by atoms with Crippen LogP contribution in [0.25, 0.3) is 11.4 Å². The standard InChI is InChI=1S/C23H25F3N8O2/c1-16(35)34-11-9-33(10-12-34)8-7-29-20-14-21(32-22(31-20)17-3-2-5-27-15-17)30-19-13-18(4-6-28-19)36-23(24,25)26/h2-6,13-15H,7-12H2,1H3,(H2,28,29,30,31,32). The number of anilines is 3. The van der Waals surface area contributed by atoms with E-state index in [2.05, 4.69) is 40.2 Å². The number of nitrogens with one attached hydrogen (secondary N) is 2. The zero-order chi connectivity index (χ0) is 25.5. The third-order valence-electron chi connectivity index (χ3n) is 5.42. The van der Waals surface area contributed by atoms with Crippen molar-refractivity contribution in [2.24, 2.45) is 0 Å². The second-order valence-electron chi connectivity index (χ2n) is 8.03. The molecule has 1 fully saturated rings. The highest BCUT2D eigenvalue weighted by atomic mass is 19.4. The van der Waals surface area contributed by atoms with Crippen LogP contribution in [0.3, 0.4) is 0 Å². The average molecular weight is 503 g/mol. The first-order valence-electron chi connectivity index (χ1n) is 11.3. The monoisotopic (exact) mass is 502 g/mol. The van der Waals surface area contributed by atoms with Crippen molar-refractivity contribution < 1.29 is 22.7 Å². The highest BCUT2D eigenvalue weighted by Gasteiger charge is 2.31. The van der Waals surface area contributed by atoms with Gasteiger partial charge in [-0.15, -0.1) is 13.2 Å². The minimum Gasteiger partial charge on any atom is -0.406 e. The number of halogens is 3. The summed E-state index contributed by atoms with van der Waals surface area (Å²) >= 11 is 0. The Morgan fingerprint density at radius 2 is 1.83 bits per heavy atom. The van der Waals surface area contributed by atoms with Crippen LogP contribution >= 0.6 is 0 Å². The van der Waals surface area contributed by atoms with Crippen molar-refractivity contribution in [2.75, 3.05) is 49.9 Å². The number of hydrogen-bond donors (Lipinski definition) is 2. The molecule has 0 unspecified atom stereocenters. The molecule has 1 aliphatic rings. The van der Waals surface area contributed by atoms with E-state index >= 15 is 0 Å². The first-order valence-corrected chi connectivity index (χ1v) is 11.3. The lowest BCUT2D eigenvalue weighted by Gasteiger charge is -2.34. The second-order valence-corrected chi connectivity index (χ2v) is 8.03. The van der Waals surface area contributed by atoms with Gasteiger partial charge in [0.1, 0.15) is 23.2 Å². The van der Waals surface area contributed by atoms with E-state index in [1.807, 2.05) is 4.90 Å². The van der Waals surface area contributed by atoms with Crippen molar-refractivity contribution in [3.63, 3.8) is 0 Å². The number of pyridine rings is 2. The van der Waals surface area contributed by atoms with Gasteiger partial charge in [0.2, 0.25) is 5.91 Å². The fourth-order valence-corrected chi connectivity index (χ4v) is 3.66. The third kappa shape index (κ3) is 7.25. The Balaban J connectivity index is 1.47. The van der Waals surface area contributed by atoms with Crippen LogP contribution in [0.4, 0.5) is 30.6 Å². The van der Waals surface area contributed by atoms with E-state index in [9.17, 15) is 18.0 Å². The van der Waals surface area contributed by atoms with Gasteiger partial charge in [0.05, 0.1) is 0 Å². The number of piperazine rings is 1. The summed E-state index contributed by atoms with van der Waals surface area (Å²) in [6.45, 7) is 5.90. The molecule has 0 bridgehead atoms. The highest BCUT2D eigenvalue weighted by Crippen LogP contribution is 2.26. The molecule has 0 spiro atoms. The van der Waals surface area contributed by atoms with Crippen molar-refractivity contribution in [3.05, 3.63) is 48.9 Å². The number of alkyl halides is 3. The molecule has 190 valence electrons. The van der Waals surface area contributed by atoms with E-state index in [-0.39, 0.29) is 11.7 Å². The zero-order valence-corrected chi connectivity index (χ0v) is 19.5. The van der Waals surface area contributed by atoms with Crippen LogP contribution in [-0.4, -0.2) is 81.3 Å². The predicted molar refractivity (Wildman–Crippen MR) is 127 cm³/mol. The quantitative estimate of drug-likeness (QED) is 0.480. The Hall–Kier alpha value is -4.00. The maximum atomic E-state index is 12.6. The number of ether oxygens (including phenoxy) is 1. The van der Waals surface area contributed by atoms with Gasteiger partial charge in [0, 0.05) is 82.5 Å². The van der Waals surface area contributed by atoms with E-state index < -0.39 is 12.1 Å². The molecular formula is C23H25F3N8O2. The van der Waals surface area contributed by atoms with Crippen molar-refractivity contribution in [1.29, 1.82) is 0 Å². The van der Waals surface area contributed by atoms with Gasteiger partial charge in [-0.3, -0.25) is 14.7 Å². The van der Waals surface area contributed by atoms with Gasteiger partial charge >= 0.3 is 6.36 Å². The highest BCUT2D eigenvalue weighted by molar-refractivity contribution is 5.73. The van der Waals surface area contributed by atoms with Gasteiger partial charge in [-0.25, -0.2) is 15.0 Å². The molecule has 1 saturated heterocycles. The summed E-state index contributed by atoms with van der Waals surface area (Å²) in [5.41, 5.74) is 0.673. The van der Waals surface area contributed by atoms with E-state index in [0.29, 0.717) is 42.7 Å². The van der Waals surface area contributed by atoms with Crippen LogP contribution in [0.2, 0.25) is 0 Å². The van der Waals surface area contributed by atoms with Crippen LogP contribution in [0, 0.1) is 0 Å². The molecule has 0 aliphatic carbocycles. The number of carbonyl (C=O) groups is 1. The summed E-state index contributed by atoms with van der Waals surface area (Å²) in [6, 6.07) is 7.45. The second kappa shape index (κ2) is 11.2. The first kappa shape index (κ1) is 25.1. The lowest BCUT2D eigenvalue weighted by Crippen LogP contribution is -2.49. The largest absolute Gasteiger partial charge is 0.573 e. The van der Waals surface area contributed by atoms with Crippen LogP contribution in [0.1, 0.15) is 6.92 Å². The molecule has 0 aromatic carbocycles. The lowest BCUT2D eigenvalue weighted by atomic mass is 10.2. The molecule has 36 heavy (non-hydrogen) atoms. The fourth-order valence-electron chi connectivity index (χ4n) is 3.66. The fraction of sp³-hybridized carbons (Fsp3) is 0.348. The summed E-state index contributed by atoms with van der Waals surface area (Å²) in [5.74, 6) is 1.05. The summed E-state index contributed by atoms with van der Waals surface area (Å²) in [4.78, 5) is 32.8. The summed E-state index contributed by atoms with van der Waals surface area (Å²) in [7, 11) is 0. The molecule has 3 aromatic heterocycles. The average Bonchev–Trinajstić information content (AvgIpc) is 2.84. The van der Waals surface area contributed by atoms with Crippen molar-refractivity contribution in [3.8, 4) is 17.1 Å². The van der Waals surface area contributed by atoms with Crippen molar-refractivity contribution in [2.45, 2.75) is 13.3 Å². The van der Waals surface area contributed by atoms with Crippen LogP contribution in [0.15, 0.2) is 48.9 Å². The maximum absolute atomic E-state index is 12.6. The smallest absolute Gasteiger partial charge is 0.406 e. The van der Waals surface area contributed by atoms with Gasteiger partial charge in [-0.05, 0) is 18.2 Å². The van der Waals surface area contributed by atoms with E-state index in [1.165, 1.54) is 6.20 Å². The predicted octanol–water partition coefficient (Wildman–Crippen LogP) is 3.15. The zero-order valence-electron chi connectivity index (χ0n) is 19.5. The molecule has 4 heterocycles. The topological polar surface area (TPSA) is 108 Å². The Labute approximate surface area is 205 Å². The molecule has 4 rings (SSSR count). The van der Waals surface area contributed by atoms with Crippen LogP contribution < -0.4 is 15.4 Å². The Bertz CT molecular complexity index is 1170. The molecule has 0 radical (unpaired) electrons. The Morgan fingerprint density at radius 1 is 1.06 bits per heavy atom. The van der Waals surface area contributed by atoms with E-state index in [0.717, 1.165) is 31.8 Å². The van der Waals surface area contributed by atoms with Crippen LogP contribution in [-0.2, 0) is 4.79 Å². The minimum atomic E-state index is -4.81. The van der Waals surface area contributed by atoms with Gasteiger partial charge in [-0.2, -0.15) is 0 Å². The normalized spacial score (nSPS) is 14.4. The Kier molecular flexibility index (Phi) is 7.78. The van der Waals surface area contributed by atoms with Gasteiger partial charge in [0.25, 0.3) is 0 Å². The molecular weight excluding hydrogens is 477 g/mol. The van der Waals surface area contributed by atoms with Gasteiger partial charge < -0.3 is 20.3 Å². The van der Waals surface area contributed by atoms with Gasteiger partial charge in [0.15, 0.2) is 5.82 Å². The summed E-state index contributed by atoms with van der Waals surface area (Å²) < 4.78 is 41.7. The number of rotatable bonds is 8. The maximum Gasteiger partial charge on any atom is 0.573 e. The third-order valence-corrected chi connectivity index (χ3v) is 5.42.